The summed E-state index contributed by atoms with van der Waals surface area (Å²) in [6, 6.07) is 6.11. The van der Waals surface area contributed by atoms with E-state index in [0.717, 1.165) is 12.1 Å². The van der Waals surface area contributed by atoms with Crippen molar-refractivity contribution in [3.05, 3.63) is 56.1 Å². The van der Waals surface area contributed by atoms with E-state index in [1.165, 1.54) is 38.6 Å². The maximum absolute atomic E-state index is 11.1. The SMILES string of the molecule is COc1cc(/C=N/Nc2ccc([N+](=O)[O-])cc2[N+](=O)[O-])cc(OC)c1O. The van der Waals surface area contributed by atoms with Gasteiger partial charge in [0.05, 0.1) is 36.3 Å². The van der Waals surface area contributed by atoms with Crippen LogP contribution in [-0.4, -0.2) is 35.4 Å². The van der Waals surface area contributed by atoms with Crippen molar-refractivity contribution in [2.75, 3.05) is 19.6 Å². The summed E-state index contributed by atoms with van der Waals surface area (Å²) in [6.45, 7) is 0. The van der Waals surface area contributed by atoms with Crippen LogP contribution in [0.2, 0.25) is 0 Å². The molecule has 11 nitrogen and oxygen atoms in total. The normalized spacial score (nSPS) is 10.5. The number of ether oxygens (including phenoxy) is 2. The Kier molecular flexibility index (Phi) is 5.53. The summed E-state index contributed by atoms with van der Waals surface area (Å²) in [5.74, 6) is 0.144. The molecule has 0 aliphatic carbocycles. The maximum atomic E-state index is 11.1. The molecule has 0 spiro atoms. The Morgan fingerprint density at radius 1 is 1.08 bits per heavy atom. The zero-order valence-electron chi connectivity index (χ0n) is 13.7. The highest BCUT2D eigenvalue weighted by Crippen LogP contribution is 2.36. The summed E-state index contributed by atoms with van der Waals surface area (Å²) < 4.78 is 10.0. The Morgan fingerprint density at radius 2 is 1.69 bits per heavy atom. The molecular formula is C15H14N4O7. The van der Waals surface area contributed by atoms with Crippen molar-refractivity contribution < 1.29 is 24.4 Å². The van der Waals surface area contributed by atoms with Crippen LogP contribution < -0.4 is 14.9 Å². The molecule has 0 saturated carbocycles. The van der Waals surface area contributed by atoms with Gasteiger partial charge in [0.2, 0.25) is 5.75 Å². The number of phenolic OH excluding ortho intramolecular Hbond substituents is 1. The first-order chi connectivity index (χ1) is 12.4. The van der Waals surface area contributed by atoms with Gasteiger partial charge in [-0.15, -0.1) is 0 Å². The number of phenols is 1. The second kappa shape index (κ2) is 7.79. The quantitative estimate of drug-likeness (QED) is 0.433. The number of rotatable bonds is 7. The van der Waals surface area contributed by atoms with Crippen LogP contribution in [0.15, 0.2) is 35.4 Å². The van der Waals surface area contributed by atoms with Gasteiger partial charge in [0.15, 0.2) is 11.5 Å². The lowest BCUT2D eigenvalue weighted by atomic mass is 10.2. The molecule has 0 fully saturated rings. The van der Waals surface area contributed by atoms with Gasteiger partial charge in [0.1, 0.15) is 5.69 Å². The molecule has 26 heavy (non-hydrogen) atoms. The number of nitro benzene ring substituents is 2. The number of aromatic hydroxyl groups is 1. The van der Waals surface area contributed by atoms with Crippen LogP contribution in [-0.2, 0) is 0 Å². The van der Waals surface area contributed by atoms with Gasteiger partial charge in [-0.05, 0) is 18.2 Å². The van der Waals surface area contributed by atoms with Crippen LogP contribution in [0.5, 0.6) is 17.2 Å². The largest absolute Gasteiger partial charge is 0.502 e. The Balaban J connectivity index is 2.28. The molecule has 2 N–H and O–H groups in total. The number of methoxy groups -OCH3 is 2. The zero-order chi connectivity index (χ0) is 19.3. The van der Waals surface area contributed by atoms with Gasteiger partial charge in [0, 0.05) is 11.6 Å². The number of nitrogens with zero attached hydrogens (tertiary/aromatic N) is 3. The molecule has 0 atom stereocenters. The first-order valence-corrected chi connectivity index (χ1v) is 7.04. The number of nitrogens with one attached hydrogen (secondary N) is 1. The predicted molar refractivity (Wildman–Crippen MR) is 92.2 cm³/mol. The van der Waals surface area contributed by atoms with Gasteiger partial charge >= 0.3 is 5.69 Å². The van der Waals surface area contributed by atoms with Crippen molar-refractivity contribution in [2.24, 2.45) is 5.10 Å². The molecule has 0 aliphatic rings. The molecule has 0 radical (unpaired) electrons. The van der Waals surface area contributed by atoms with Crippen molar-refractivity contribution >= 4 is 23.3 Å². The summed E-state index contributed by atoms with van der Waals surface area (Å²) in [4.78, 5) is 20.3. The molecule has 0 heterocycles. The number of hydrogen-bond donors (Lipinski definition) is 2. The van der Waals surface area contributed by atoms with E-state index >= 15 is 0 Å². The number of hydrazone groups is 1. The van der Waals surface area contributed by atoms with Gasteiger partial charge in [0.25, 0.3) is 5.69 Å². The van der Waals surface area contributed by atoms with Crippen LogP contribution >= 0.6 is 0 Å². The van der Waals surface area contributed by atoms with E-state index in [-0.39, 0.29) is 22.9 Å². The molecule has 2 rings (SSSR count). The first-order valence-electron chi connectivity index (χ1n) is 7.04. The Labute approximate surface area is 146 Å². The number of hydrogen-bond acceptors (Lipinski definition) is 9. The molecule has 0 amide bonds. The highest BCUT2D eigenvalue weighted by atomic mass is 16.6. The number of nitro groups is 2. The second-order valence-electron chi connectivity index (χ2n) is 4.86. The fourth-order valence-electron chi connectivity index (χ4n) is 2.04. The summed E-state index contributed by atoms with van der Waals surface area (Å²) in [7, 11) is 2.74. The Bertz CT molecular complexity index is 857. The number of anilines is 1. The lowest BCUT2D eigenvalue weighted by molar-refractivity contribution is -0.393. The van der Waals surface area contributed by atoms with Crippen LogP contribution in [0.1, 0.15) is 5.56 Å². The minimum absolute atomic E-state index is 0.0189. The second-order valence-corrected chi connectivity index (χ2v) is 4.86. The highest BCUT2D eigenvalue weighted by Gasteiger charge is 2.19. The van der Waals surface area contributed by atoms with Crippen molar-refractivity contribution in [3.63, 3.8) is 0 Å². The van der Waals surface area contributed by atoms with E-state index in [1.54, 1.807) is 0 Å². The van der Waals surface area contributed by atoms with E-state index in [2.05, 4.69) is 10.5 Å². The predicted octanol–water partition coefficient (Wildman–Crippen LogP) is 2.67. The van der Waals surface area contributed by atoms with E-state index in [4.69, 9.17) is 9.47 Å². The Hall–Kier alpha value is -3.89. The lowest BCUT2D eigenvalue weighted by Gasteiger charge is -2.09. The summed E-state index contributed by atoms with van der Waals surface area (Å²) in [6.07, 6.45) is 1.32. The summed E-state index contributed by atoms with van der Waals surface area (Å²) >= 11 is 0. The summed E-state index contributed by atoms with van der Waals surface area (Å²) in [5.41, 5.74) is 2.03. The molecule has 0 saturated heterocycles. The third-order valence-corrected chi connectivity index (χ3v) is 3.29. The molecule has 0 aromatic heterocycles. The fraction of sp³-hybridized carbons (Fsp3) is 0.133. The van der Waals surface area contributed by atoms with Gasteiger partial charge < -0.3 is 14.6 Å². The van der Waals surface area contributed by atoms with E-state index in [1.807, 2.05) is 0 Å². The molecular weight excluding hydrogens is 348 g/mol. The maximum Gasteiger partial charge on any atom is 0.301 e. The van der Waals surface area contributed by atoms with Crippen LogP contribution in [0.4, 0.5) is 17.1 Å². The van der Waals surface area contributed by atoms with Gasteiger partial charge in [-0.25, -0.2) is 0 Å². The monoisotopic (exact) mass is 362 g/mol. The van der Waals surface area contributed by atoms with Crippen molar-refractivity contribution in [1.29, 1.82) is 0 Å². The molecule has 136 valence electrons. The first kappa shape index (κ1) is 18.4. The van der Waals surface area contributed by atoms with E-state index in [0.29, 0.717) is 5.56 Å². The average Bonchev–Trinajstić information content (AvgIpc) is 2.62. The lowest BCUT2D eigenvalue weighted by Crippen LogP contribution is -1.99. The van der Waals surface area contributed by atoms with E-state index in [9.17, 15) is 25.3 Å². The standard InChI is InChI=1S/C15H14N4O7/c1-25-13-5-9(6-14(26-2)15(13)20)8-16-17-11-4-3-10(18(21)22)7-12(11)19(23)24/h3-8,17,20H,1-2H3/b16-8+. The minimum Gasteiger partial charge on any atom is -0.502 e. The van der Waals surface area contributed by atoms with Gasteiger partial charge in [-0.3, -0.25) is 25.7 Å². The molecule has 2 aromatic carbocycles. The van der Waals surface area contributed by atoms with Crippen LogP contribution in [0, 0.1) is 20.2 Å². The smallest absolute Gasteiger partial charge is 0.301 e. The van der Waals surface area contributed by atoms with E-state index < -0.39 is 21.2 Å². The fourth-order valence-corrected chi connectivity index (χ4v) is 2.04. The molecule has 0 unspecified atom stereocenters. The van der Waals surface area contributed by atoms with Crippen molar-refractivity contribution in [1.82, 2.24) is 0 Å². The third kappa shape index (κ3) is 3.95. The molecule has 2 aromatic rings. The minimum atomic E-state index is -0.753. The number of benzene rings is 2. The Morgan fingerprint density at radius 3 is 2.19 bits per heavy atom. The third-order valence-electron chi connectivity index (χ3n) is 3.29. The van der Waals surface area contributed by atoms with Crippen molar-refractivity contribution in [2.45, 2.75) is 0 Å². The topological polar surface area (TPSA) is 149 Å². The molecule has 0 aliphatic heterocycles. The molecule has 0 bridgehead atoms. The van der Waals surface area contributed by atoms with Crippen molar-refractivity contribution in [3.8, 4) is 17.2 Å². The van der Waals surface area contributed by atoms with Crippen LogP contribution in [0.3, 0.4) is 0 Å². The molecule has 11 heteroatoms. The average molecular weight is 362 g/mol. The van der Waals surface area contributed by atoms with Gasteiger partial charge in [-0.1, -0.05) is 0 Å². The highest BCUT2D eigenvalue weighted by molar-refractivity contribution is 5.83. The van der Waals surface area contributed by atoms with Gasteiger partial charge in [-0.2, -0.15) is 5.10 Å². The van der Waals surface area contributed by atoms with Crippen LogP contribution in [0.25, 0.3) is 0 Å². The summed E-state index contributed by atoms with van der Waals surface area (Å²) in [5, 5.41) is 35.5. The zero-order valence-corrected chi connectivity index (χ0v) is 13.7. The number of non-ortho nitro benzene ring substituents is 1.